The Hall–Kier alpha value is -1.44. The summed E-state index contributed by atoms with van der Waals surface area (Å²) < 4.78 is 1.60. The van der Waals surface area contributed by atoms with Gasteiger partial charge in [0.2, 0.25) is 5.82 Å². The first-order valence-corrected chi connectivity index (χ1v) is 8.86. The van der Waals surface area contributed by atoms with Crippen molar-refractivity contribution in [2.45, 2.75) is 58.4 Å². The van der Waals surface area contributed by atoms with Crippen LogP contribution >= 0.6 is 24.8 Å². The number of hydrogen-bond donors (Lipinski definition) is 2. The molecule has 0 saturated heterocycles. The van der Waals surface area contributed by atoms with Crippen molar-refractivity contribution in [1.82, 2.24) is 30.2 Å². The third-order valence-corrected chi connectivity index (χ3v) is 4.52. The molecule has 2 N–H and O–H groups in total. The Morgan fingerprint density at radius 2 is 1.81 bits per heavy atom. The van der Waals surface area contributed by atoms with Crippen LogP contribution in [-0.4, -0.2) is 44.6 Å². The summed E-state index contributed by atoms with van der Waals surface area (Å²) in [6.07, 6.45) is 7.79. The quantitative estimate of drug-likeness (QED) is 0.592. The largest absolute Gasteiger partial charge is 0.348 e. The summed E-state index contributed by atoms with van der Waals surface area (Å²) in [6, 6.07) is 2.51. The van der Waals surface area contributed by atoms with Crippen LogP contribution in [0.5, 0.6) is 0 Å². The Balaban J connectivity index is 0.00000169. The first kappa shape index (κ1) is 22.6. The van der Waals surface area contributed by atoms with Crippen molar-refractivity contribution in [2.75, 3.05) is 13.1 Å². The molecule has 0 spiro atoms. The zero-order valence-corrected chi connectivity index (χ0v) is 17.0. The fourth-order valence-corrected chi connectivity index (χ4v) is 3.28. The molecule has 1 amide bonds. The molecule has 9 heteroatoms. The van der Waals surface area contributed by atoms with Crippen LogP contribution in [0, 0.1) is 13.8 Å². The Morgan fingerprint density at radius 3 is 2.50 bits per heavy atom. The third-order valence-electron chi connectivity index (χ3n) is 4.52. The van der Waals surface area contributed by atoms with E-state index in [9.17, 15) is 4.79 Å². The lowest BCUT2D eigenvalue weighted by Crippen LogP contribution is -2.37. The lowest BCUT2D eigenvalue weighted by atomic mass is 10.1. The second-order valence-electron chi connectivity index (χ2n) is 6.58. The van der Waals surface area contributed by atoms with Crippen LogP contribution in [0.15, 0.2) is 6.07 Å². The van der Waals surface area contributed by atoms with Crippen LogP contribution in [-0.2, 0) is 0 Å². The van der Waals surface area contributed by atoms with Gasteiger partial charge in [0.1, 0.15) is 0 Å². The summed E-state index contributed by atoms with van der Waals surface area (Å²) in [4.78, 5) is 20.7. The van der Waals surface area contributed by atoms with Crippen molar-refractivity contribution in [2.24, 2.45) is 0 Å². The molecule has 2 aromatic heterocycles. The molecule has 0 aromatic carbocycles. The highest BCUT2D eigenvalue weighted by atomic mass is 35.5. The van der Waals surface area contributed by atoms with Crippen LogP contribution in [0.4, 0.5) is 0 Å². The highest BCUT2D eigenvalue weighted by molar-refractivity contribution is 5.90. The summed E-state index contributed by atoms with van der Waals surface area (Å²) in [5.74, 6) is 0.389. The van der Waals surface area contributed by atoms with Gasteiger partial charge in [-0.15, -0.1) is 29.9 Å². The normalized spacial score (nSPS) is 15.0. The molecule has 2 heterocycles. The molecular weight excluding hydrogens is 375 g/mol. The van der Waals surface area contributed by atoms with Crippen LogP contribution < -0.4 is 10.6 Å². The number of carbonyl (C=O) groups is 1. The molecule has 26 heavy (non-hydrogen) atoms. The zero-order valence-electron chi connectivity index (χ0n) is 15.3. The lowest BCUT2D eigenvalue weighted by molar-refractivity contribution is 0.0943. The minimum absolute atomic E-state index is 0. The number of fused-ring (bicyclic) bond motifs is 1. The molecule has 2 aromatic rings. The van der Waals surface area contributed by atoms with Crippen molar-refractivity contribution in [3.8, 4) is 0 Å². The molecule has 7 nitrogen and oxygen atoms in total. The maximum Gasteiger partial charge on any atom is 0.291 e. The van der Waals surface area contributed by atoms with Crippen molar-refractivity contribution >= 4 is 36.5 Å². The van der Waals surface area contributed by atoms with E-state index < -0.39 is 0 Å². The van der Waals surface area contributed by atoms with Gasteiger partial charge in [-0.1, -0.05) is 25.7 Å². The molecule has 0 bridgehead atoms. The van der Waals surface area contributed by atoms with E-state index in [1.54, 1.807) is 4.52 Å². The number of nitrogens with zero attached hydrogens (tertiary/aromatic N) is 4. The predicted octanol–water partition coefficient (Wildman–Crippen LogP) is 2.63. The van der Waals surface area contributed by atoms with E-state index in [1.807, 2.05) is 19.9 Å². The standard InChI is InChI=1S/C17H26N6O.2ClH/c1-12-11-13(2)23-17(20-12)21-15(22-23)16(24)19-10-9-18-14-7-5-3-4-6-8-14;;/h11,14,18H,3-10H2,1-2H3,(H,19,24);2*1H. The van der Waals surface area contributed by atoms with E-state index >= 15 is 0 Å². The zero-order chi connectivity index (χ0) is 16.9. The topological polar surface area (TPSA) is 84.2 Å². The Labute approximate surface area is 166 Å². The van der Waals surface area contributed by atoms with Crippen LogP contribution in [0.2, 0.25) is 0 Å². The van der Waals surface area contributed by atoms with Gasteiger partial charge in [-0.25, -0.2) is 9.50 Å². The molecule has 146 valence electrons. The van der Waals surface area contributed by atoms with Gasteiger partial charge in [0.25, 0.3) is 11.7 Å². The average Bonchev–Trinajstić information content (AvgIpc) is 2.81. The molecule has 0 radical (unpaired) electrons. The van der Waals surface area contributed by atoms with Gasteiger partial charge in [-0.2, -0.15) is 4.98 Å². The first-order chi connectivity index (χ1) is 11.6. The average molecular weight is 403 g/mol. The Kier molecular flexibility index (Phi) is 9.25. The minimum atomic E-state index is -0.250. The number of nitrogens with one attached hydrogen (secondary N) is 2. The van der Waals surface area contributed by atoms with Gasteiger partial charge in [0, 0.05) is 30.5 Å². The van der Waals surface area contributed by atoms with E-state index in [1.165, 1.54) is 38.5 Å². The molecule has 0 aliphatic heterocycles. The van der Waals surface area contributed by atoms with Gasteiger partial charge in [0.05, 0.1) is 0 Å². The lowest BCUT2D eigenvalue weighted by Gasteiger charge is -2.15. The van der Waals surface area contributed by atoms with Gasteiger partial charge < -0.3 is 10.6 Å². The number of carbonyl (C=O) groups excluding carboxylic acids is 1. The second kappa shape index (κ2) is 10.6. The molecule has 3 rings (SSSR count). The van der Waals surface area contributed by atoms with E-state index in [-0.39, 0.29) is 36.5 Å². The van der Waals surface area contributed by atoms with Crippen molar-refractivity contribution < 1.29 is 4.79 Å². The molecule has 1 aliphatic carbocycles. The monoisotopic (exact) mass is 402 g/mol. The summed E-state index contributed by atoms with van der Waals surface area (Å²) in [5, 5.41) is 10.7. The van der Waals surface area contributed by atoms with Gasteiger partial charge >= 0.3 is 0 Å². The third kappa shape index (κ3) is 5.79. The highest BCUT2D eigenvalue weighted by Crippen LogP contribution is 2.16. The predicted molar refractivity (Wildman–Crippen MR) is 107 cm³/mol. The minimum Gasteiger partial charge on any atom is -0.348 e. The summed E-state index contributed by atoms with van der Waals surface area (Å²) >= 11 is 0. The number of halogens is 2. The second-order valence-corrected chi connectivity index (χ2v) is 6.58. The fraction of sp³-hybridized carbons (Fsp3) is 0.647. The summed E-state index contributed by atoms with van der Waals surface area (Å²) in [7, 11) is 0. The summed E-state index contributed by atoms with van der Waals surface area (Å²) in [5.41, 5.74) is 1.78. The van der Waals surface area contributed by atoms with Crippen LogP contribution in [0.25, 0.3) is 5.78 Å². The highest BCUT2D eigenvalue weighted by Gasteiger charge is 2.15. The van der Waals surface area contributed by atoms with E-state index in [0.29, 0.717) is 18.4 Å². The number of aryl methyl sites for hydroxylation is 2. The van der Waals surface area contributed by atoms with E-state index in [2.05, 4.69) is 25.7 Å². The fourth-order valence-electron chi connectivity index (χ4n) is 3.28. The van der Waals surface area contributed by atoms with E-state index in [4.69, 9.17) is 0 Å². The molecule has 0 atom stereocenters. The van der Waals surface area contributed by atoms with E-state index in [0.717, 1.165) is 17.9 Å². The van der Waals surface area contributed by atoms with Gasteiger partial charge in [-0.05, 0) is 32.8 Å². The SMILES string of the molecule is Cc1cc(C)n2nc(C(=O)NCCNC3CCCCCC3)nc2n1.Cl.Cl. The van der Waals surface area contributed by atoms with Crippen molar-refractivity contribution in [3.05, 3.63) is 23.3 Å². The number of rotatable bonds is 5. The number of hydrogen-bond acceptors (Lipinski definition) is 5. The van der Waals surface area contributed by atoms with Crippen molar-refractivity contribution in [1.29, 1.82) is 0 Å². The van der Waals surface area contributed by atoms with Crippen LogP contribution in [0.1, 0.15) is 60.5 Å². The Bertz CT molecular complexity index is 713. The smallest absolute Gasteiger partial charge is 0.291 e. The van der Waals surface area contributed by atoms with Crippen LogP contribution in [0.3, 0.4) is 0 Å². The molecule has 1 fully saturated rings. The molecular formula is C17H28Cl2N6O. The number of amides is 1. The van der Waals surface area contributed by atoms with Crippen molar-refractivity contribution in [3.63, 3.8) is 0 Å². The maximum absolute atomic E-state index is 12.2. The summed E-state index contributed by atoms with van der Waals surface area (Å²) in [6.45, 7) is 5.19. The maximum atomic E-state index is 12.2. The molecule has 0 unspecified atom stereocenters. The number of aromatic nitrogens is 4. The molecule has 1 saturated carbocycles. The van der Waals surface area contributed by atoms with Gasteiger partial charge in [0.15, 0.2) is 0 Å². The Morgan fingerprint density at radius 1 is 1.12 bits per heavy atom. The first-order valence-electron chi connectivity index (χ1n) is 8.86. The molecule has 1 aliphatic rings. The van der Waals surface area contributed by atoms with Gasteiger partial charge in [-0.3, -0.25) is 4.79 Å².